The summed E-state index contributed by atoms with van der Waals surface area (Å²) >= 11 is 0. The van der Waals surface area contributed by atoms with Gasteiger partial charge in [-0.3, -0.25) is 9.78 Å². The second-order valence-electron chi connectivity index (χ2n) is 4.81. The van der Waals surface area contributed by atoms with Crippen molar-refractivity contribution in [1.82, 2.24) is 4.98 Å². The molecule has 20 heavy (non-hydrogen) atoms. The lowest BCUT2D eigenvalue weighted by atomic mass is 10.2. The van der Waals surface area contributed by atoms with Crippen molar-refractivity contribution in [3.63, 3.8) is 0 Å². The van der Waals surface area contributed by atoms with Gasteiger partial charge in [0.05, 0.1) is 17.4 Å². The molecule has 2 aromatic rings. The smallest absolute Gasteiger partial charge is 0.228 e. The molecule has 1 aliphatic heterocycles. The van der Waals surface area contributed by atoms with Crippen molar-refractivity contribution >= 4 is 32.5 Å². The van der Waals surface area contributed by atoms with Gasteiger partial charge in [-0.05, 0) is 12.1 Å². The van der Waals surface area contributed by atoms with E-state index in [2.05, 4.69) is 4.98 Å². The predicted molar refractivity (Wildman–Crippen MR) is 75.6 cm³/mol. The van der Waals surface area contributed by atoms with Gasteiger partial charge in [0, 0.05) is 18.4 Å². The Morgan fingerprint density at radius 2 is 2.05 bits per heavy atom. The van der Waals surface area contributed by atoms with Crippen LogP contribution in [-0.4, -0.2) is 31.1 Å². The molecule has 0 saturated carbocycles. The Morgan fingerprint density at radius 1 is 1.30 bits per heavy atom. The second-order valence-corrected chi connectivity index (χ2v) is 6.65. The standard InChI is InChI=1S/C13H13N3O3S/c14-20(18,19)11-6-13(17)16(8-11)10-5-9-3-1-2-4-12(9)15-7-10/h1-5,7,11H,6,8H2,(H2,14,18,19). The summed E-state index contributed by atoms with van der Waals surface area (Å²) in [4.78, 5) is 17.6. The summed E-state index contributed by atoms with van der Waals surface area (Å²) in [6, 6.07) is 9.35. The van der Waals surface area contributed by atoms with Crippen molar-refractivity contribution in [1.29, 1.82) is 0 Å². The number of carbonyl (C=O) groups is 1. The van der Waals surface area contributed by atoms with Crippen LogP contribution in [0.25, 0.3) is 10.9 Å². The number of benzene rings is 1. The zero-order valence-corrected chi connectivity index (χ0v) is 11.4. The Kier molecular flexibility index (Phi) is 2.95. The third kappa shape index (κ3) is 2.25. The van der Waals surface area contributed by atoms with Gasteiger partial charge in [-0.15, -0.1) is 0 Å². The second kappa shape index (κ2) is 4.53. The molecular formula is C13H13N3O3S. The minimum Gasteiger partial charge on any atom is -0.309 e. The number of sulfonamides is 1. The van der Waals surface area contributed by atoms with E-state index in [4.69, 9.17) is 5.14 Å². The molecule has 0 radical (unpaired) electrons. The SMILES string of the molecule is NS(=O)(=O)C1CC(=O)N(c2cnc3ccccc3c2)C1. The molecule has 1 amide bonds. The lowest BCUT2D eigenvalue weighted by Crippen LogP contribution is -2.32. The van der Waals surface area contributed by atoms with Gasteiger partial charge in [-0.1, -0.05) is 18.2 Å². The maximum atomic E-state index is 11.9. The fourth-order valence-corrected chi connectivity index (χ4v) is 3.08. The summed E-state index contributed by atoms with van der Waals surface area (Å²) in [6.45, 7) is 0.0810. The molecule has 2 heterocycles. The molecule has 1 aromatic heterocycles. The summed E-state index contributed by atoms with van der Waals surface area (Å²) in [7, 11) is -3.70. The van der Waals surface area contributed by atoms with E-state index < -0.39 is 15.3 Å². The van der Waals surface area contributed by atoms with Crippen LogP contribution in [0.15, 0.2) is 36.5 Å². The molecule has 2 N–H and O–H groups in total. The van der Waals surface area contributed by atoms with Crippen molar-refractivity contribution in [2.45, 2.75) is 11.7 Å². The quantitative estimate of drug-likeness (QED) is 0.878. The molecule has 7 heteroatoms. The first-order valence-corrected chi connectivity index (χ1v) is 7.73. The van der Waals surface area contributed by atoms with Crippen molar-refractivity contribution < 1.29 is 13.2 Å². The Bertz CT molecular complexity index is 788. The van der Waals surface area contributed by atoms with Gasteiger partial charge in [0.15, 0.2) is 0 Å². The molecule has 6 nitrogen and oxygen atoms in total. The van der Waals surface area contributed by atoms with E-state index in [1.54, 1.807) is 6.20 Å². The molecule has 1 unspecified atom stereocenters. The van der Waals surface area contributed by atoms with Gasteiger partial charge in [-0.2, -0.15) is 0 Å². The van der Waals surface area contributed by atoms with Crippen LogP contribution in [0.1, 0.15) is 6.42 Å². The van der Waals surface area contributed by atoms with Crippen LogP contribution in [-0.2, 0) is 14.8 Å². The number of primary sulfonamides is 1. The number of fused-ring (bicyclic) bond motifs is 1. The van der Waals surface area contributed by atoms with Crippen LogP contribution >= 0.6 is 0 Å². The highest BCUT2D eigenvalue weighted by Gasteiger charge is 2.37. The minimum absolute atomic E-state index is 0.0777. The van der Waals surface area contributed by atoms with Crippen LogP contribution in [0.4, 0.5) is 5.69 Å². The van der Waals surface area contributed by atoms with Crippen molar-refractivity contribution in [2.24, 2.45) is 5.14 Å². The van der Waals surface area contributed by atoms with E-state index >= 15 is 0 Å². The van der Waals surface area contributed by atoms with Gasteiger partial charge >= 0.3 is 0 Å². The van der Waals surface area contributed by atoms with E-state index in [1.165, 1.54) is 4.90 Å². The van der Waals surface area contributed by atoms with Gasteiger partial charge in [0.2, 0.25) is 15.9 Å². The van der Waals surface area contributed by atoms with Gasteiger partial charge < -0.3 is 4.90 Å². The first kappa shape index (κ1) is 13.0. The van der Waals surface area contributed by atoms with Gasteiger partial charge in [-0.25, -0.2) is 13.6 Å². The number of anilines is 1. The van der Waals surface area contributed by atoms with Crippen LogP contribution in [0.2, 0.25) is 0 Å². The number of carbonyl (C=O) groups excluding carboxylic acids is 1. The van der Waals surface area contributed by atoms with Gasteiger partial charge in [0.25, 0.3) is 0 Å². The summed E-state index contributed by atoms with van der Waals surface area (Å²) in [5, 5.41) is 5.17. The van der Waals surface area contributed by atoms with E-state index in [0.717, 1.165) is 10.9 Å². The maximum absolute atomic E-state index is 11.9. The average molecular weight is 291 g/mol. The molecule has 0 spiro atoms. The molecule has 3 rings (SSSR count). The highest BCUT2D eigenvalue weighted by molar-refractivity contribution is 7.89. The van der Waals surface area contributed by atoms with E-state index in [9.17, 15) is 13.2 Å². The lowest BCUT2D eigenvalue weighted by molar-refractivity contribution is -0.117. The first-order chi connectivity index (χ1) is 9.45. The van der Waals surface area contributed by atoms with E-state index in [1.807, 2.05) is 30.3 Å². The Labute approximate surface area is 116 Å². The summed E-state index contributed by atoms with van der Waals surface area (Å²) in [5.41, 5.74) is 1.42. The number of nitrogens with zero attached hydrogens (tertiary/aromatic N) is 2. The molecule has 0 bridgehead atoms. The summed E-state index contributed by atoms with van der Waals surface area (Å²) < 4.78 is 22.7. The molecule has 1 fully saturated rings. The zero-order chi connectivity index (χ0) is 14.3. The Morgan fingerprint density at radius 3 is 2.75 bits per heavy atom. The number of hydrogen-bond donors (Lipinski definition) is 1. The highest BCUT2D eigenvalue weighted by atomic mass is 32.2. The van der Waals surface area contributed by atoms with Crippen molar-refractivity contribution in [3.8, 4) is 0 Å². The third-order valence-corrected chi connectivity index (χ3v) is 4.69. The van der Waals surface area contributed by atoms with E-state index in [0.29, 0.717) is 5.69 Å². The number of nitrogens with two attached hydrogens (primary N) is 1. The van der Waals surface area contributed by atoms with Crippen LogP contribution in [0, 0.1) is 0 Å². The normalized spacial score (nSPS) is 19.8. The number of rotatable bonds is 2. The third-order valence-electron chi connectivity index (χ3n) is 3.44. The molecule has 0 aliphatic carbocycles. The van der Waals surface area contributed by atoms with Crippen LogP contribution in [0.3, 0.4) is 0 Å². The largest absolute Gasteiger partial charge is 0.309 e. The number of pyridine rings is 1. The van der Waals surface area contributed by atoms with Crippen LogP contribution in [0.5, 0.6) is 0 Å². The fraction of sp³-hybridized carbons (Fsp3) is 0.231. The predicted octanol–water partition coefficient (Wildman–Crippen LogP) is 0.629. The summed E-state index contributed by atoms with van der Waals surface area (Å²) in [6.07, 6.45) is 1.50. The van der Waals surface area contributed by atoms with Crippen molar-refractivity contribution in [3.05, 3.63) is 36.5 Å². The minimum atomic E-state index is -3.70. The lowest BCUT2D eigenvalue weighted by Gasteiger charge is -2.16. The average Bonchev–Trinajstić information content (AvgIpc) is 2.80. The number of para-hydroxylation sites is 1. The topological polar surface area (TPSA) is 93.4 Å². The molecule has 1 saturated heterocycles. The number of hydrogen-bond acceptors (Lipinski definition) is 4. The Hall–Kier alpha value is -1.99. The zero-order valence-electron chi connectivity index (χ0n) is 10.6. The molecular weight excluding hydrogens is 278 g/mol. The Balaban J connectivity index is 1.97. The number of aromatic nitrogens is 1. The van der Waals surface area contributed by atoms with Crippen molar-refractivity contribution in [2.75, 3.05) is 11.4 Å². The number of amides is 1. The molecule has 1 aromatic carbocycles. The summed E-state index contributed by atoms with van der Waals surface area (Å²) in [5.74, 6) is -0.249. The molecule has 1 aliphatic rings. The molecule has 1 atom stereocenters. The fourth-order valence-electron chi connectivity index (χ4n) is 2.35. The monoisotopic (exact) mass is 291 g/mol. The molecule has 104 valence electrons. The van der Waals surface area contributed by atoms with Gasteiger partial charge in [0.1, 0.15) is 5.25 Å². The highest BCUT2D eigenvalue weighted by Crippen LogP contribution is 2.26. The maximum Gasteiger partial charge on any atom is 0.228 e. The van der Waals surface area contributed by atoms with E-state index in [-0.39, 0.29) is 18.9 Å². The first-order valence-electron chi connectivity index (χ1n) is 6.12. The van der Waals surface area contributed by atoms with Crippen LogP contribution < -0.4 is 10.0 Å².